The Morgan fingerprint density at radius 3 is 2.52 bits per heavy atom. The van der Waals surface area contributed by atoms with E-state index in [0.717, 1.165) is 18.7 Å². The average Bonchev–Trinajstić information content (AvgIpc) is 3.41. The Bertz CT molecular complexity index is 990. The number of anilines is 2. The molecule has 2 aliphatic heterocycles. The summed E-state index contributed by atoms with van der Waals surface area (Å²) in [6.07, 6.45) is 3.78. The molecule has 2 aliphatic rings. The van der Waals surface area contributed by atoms with Gasteiger partial charge in [0, 0.05) is 43.8 Å². The van der Waals surface area contributed by atoms with Gasteiger partial charge in [0.15, 0.2) is 0 Å². The Kier molecular flexibility index (Phi) is 5.62. The highest BCUT2D eigenvalue weighted by atomic mass is 32.2. The first-order chi connectivity index (χ1) is 13.9. The highest BCUT2D eigenvalue weighted by molar-refractivity contribution is 7.89. The number of carbonyl (C=O) groups is 1. The second-order valence-corrected chi connectivity index (χ2v) is 9.35. The molecule has 1 aromatic heterocycles. The van der Waals surface area contributed by atoms with Crippen molar-refractivity contribution in [2.45, 2.75) is 24.7 Å². The summed E-state index contributed by atoms with van der Waals surface area (Å²) in [5.41, 5.74) is 3.19. The standard InChI is InChI=1S/C20H26N4O4S/c1-15-12-16(4-5-19(15)23-6-2-3-7-23)22-20(25)18-13-17(14-21-18)29(26,27)24-8-10-28-11-9-24/h4-5,12-14,21H,2-3,6-11H2,1H3,(H,22,25). The van der Waals surface area contributed by atoms with Crippen molar-refractivity contribution >= 4 is 27.3 Å². The van der Waals surface area contributed by atoms with E-state index < -0.39 is 10.0 Å². The first kappa shape index (κ1) is 19.9. The van der Waals surface area contributed by atoms with Gasteiger partial charge in [-0.2, -0.15) is 4.31 Å². The molecule has 0 aliphatic carbocycles. The van der Waals surface area contributed by atoms with Gasteiger partial charge in [0.25, 0.3) is 5.91 Å². The molecule has 4 rings (SSSR count). The number of nitrogens with one attached hydrogen (secondary N) is 2. The van der Waals surface area contributed by atoms with Crippen LogP contribution in [0.3, 0.4) is 0 Å². The number of aromatic amines is 1. The number of aryl methyl sites for hydroxylation is 1. The predicted molar refractivity (Wildman–Crippen MR) is 111 cm³/mol. The zero-order valence-corrected chi connectivity index (χ0v) is 17.3. The number of H-pyrrole nitrogens is 1. The first-order valence-corrected chi connectivity index (χ1v) is 11.3. The number of carbonyl (C=O) groups excluding carboxylic acids is 1. The van der Waals surface area contributed by atoms with E-state index in [1.165, 1.54) is 35.1 Å². The number of amides is 1. The normalized spacial score (nSPS) is 18.2. The molecule has 1 amide bonds. The maximum absolute atomic E-state index is 12.7. The fourth-order valence-corrected chi connectivity index (χ4v) is 5.24. The summed E-state index contributed by atoms with van der Waals surface area (Å²) >= 11 is 0. The van der Waals surface area contributed by atoms with Crippen LogP contribution in [0.15, 0.2) is 35.4 Å². The molecule has 0 radical (unpaired) electrons. The summed E-state index contributed by atoms with van der Waals surface area (Å²) < 4.78 is 32.0. The molecule has 0 saturated carbocycles. The van der Waals surface area contributed by atoms with Crippen molar-refractivity contribution in [1.82, 2.24) is 9.29 Å². The number of hydrogen-bond acceptors (Lipinski definition) is 5. The van der Waals surface area contributed by atoms with E-state index in [9.17, 15) is 13.2 Å². The molecule has 2 aromatic rings. The van der Waals surface area contributed by atoms with Crippen molar-refractivity contribution in [2.75, 3.05) is 49.6 Å². The molecule has 2 saturated heterocycles. The van der Waals surface area contributed by atoms with Crippen LogP contribution >= 0.6 is 0 Å². The van der Waals surface area contributed by atoms with Gasteiger partial charge in [-0.05, 0) is 49.6 Å². The van der Waals surface area contributed by atoms with Crippen molar-refractivity contribution < 1.29 is 17.9 Å². The largest absolute Gasteiger partial charge is 0.379 e. The van der Waals surface area contributed by atoms with Gasteiger partial charge in [0.2, 0.25) is 10.0 Å². The number of nitrogens with zero attached hydrogens (tertiary/aromatic N) is 2. The van der Waals surface area contributed by atoms with Gasteiger partial charge in [-0.25, -0.2) is 8.42 Å². The number of ether oxygens (including phenoxy) is 1. The van der Waals surface area contributed by atoms with Crippen LogP contribution in [0, 0.1) is 6.92 Å². The zero-order chi connectivity index (χ0) is 20.4. The minimum atomic E-state index is -3.63. The molecule has 2 N–H and O–H groups in total. The summed E-state index contributed by atoms with van der Waals surface area (Å²) in [5, 5.41) is 2.84. The SMILES string of the molecule is Cc1cc(NC(=O)c2cc(S(=O)(=O)N3CCOCC3)c[nH]2)ccc1N1CCCC1. The van der Waals surface area contributed by atoms with Crippen LogP contribution in [0.5, 0.6) is 0 Å². The van der Waals surface area contributed by atoms with E-state index in [4.69, 9.17) is 4.74 Å². The third-order valence-electron chi connectivity index (χ3n) is 5.41. The summed E-state index contributed by atoms with van der Waals surface area (Å²) in [6.45, 7) is 5.55. The molecular formula is C20H26N4O4S. The monoisotopic (exact) mass is 418 g/mol. The third kappa shape index (κ3) is 4.17. The average molecular weight is 419 g/mol. The molecule has 156 valence electrons. The fraction of sp³-hybridized carbons (Fsp3) is 0.450. The lowest BCUT2D eigenvalue weighted by Crippen LogP contribution is -2.40. The molecular weight excluding hydrogens is 392 g/mol. The van der Waals surface area contributed by atoms with Gasteiger partial charge in [-0.3, -0.25) is 4.79 Å². The lowest BCUT2D eigenvalue weighted by Gasteiger charge is -2.25. The van der Waals surface area contributed by atoms with Crippen LogP contribution in [0.1, 0.15) is 28.9 Å². The lowest BCUT2D eigenvalue weighted by atomic mass is 10.1. The number of morpholine rings is 1. The van der Waals surface area contributed by atoms with E-state index in [2.05, 4.69) is 15.2 Å². The quantitative estimate of drug-likeness (QED) is 0.776. The summed E-state index contributed by atoms with van der Waals surface area (Å²) in [7, 11) is -3.63. The molecule has 0 atom stereocenters. The maximum Gasteiger partial charge on any atom is 0.272 e. The fourth-order valence-electron chi connectivity index (χ4n) is 3.84. The smallest absolute Gasteiger partial charge is 0.272 e. The van der Waals surface area contributed by atoms with Crippen molar-refractivity contribution in [2.24, 2.45) is 0 Å². The van der Waals surface area contributed by atoms with Gasteiger partial charge in [0.05, 0.1) is 13.2 Å². The summed E-state index contributed by atoms with van der Waals surface area (Å²) in [4.78, 5) is 17.8. The van der Waals surface area contributed by atoms with Crippen LogP contribution in [-0.2, 0) is 14.8 Å². The second kappa shape index (κ2) is 8.17. The Balaban J connectivity index is 1.46. The number of rotatable bonds is 5. The van der Waals surface area contributed by atoms with Crippen LogP contribution < -0.4 is 10.2 Å². The second-order valence-electron chi connectivity index (χ2n) is 7.42. The first-order valence-electron chi connectivity index (χ1n) is 9.88. The van der Waals surface area contributed by atoms with Crippen LogP contribution in [0.25, 0.3) is 0 Å². The van der Waals surface area contributed by atoms with Crippen molar-refractivity contribution in [1.29, 1.82) is 0 Å². The van der Waals surface area contributed by atoms with E-state index in [-0.39, 0.29) is 16.5 Å². The number of sulfonamides is 1. The van der Waals surface area contributed by atoms with E-state index >= 15 is 0 Å². The van der Waals surface area contributed by atoms with E-state index in [1.54, 1.807) is 0 Å². The molecule has 0 unspecified atom stereocenters. The molecule has 9 heteroatoms. The molecule has 8 nitrogen and oxygen atoms in total. The van der Waals surface area contributed by atoms with E-state index in [0.29, 0.717) is 32.0 Å². The molecule has 3 heterocycles. The number of hydrogen-bond donors (Lipinski definition) is 2. The topological polar surface area (TPSA) is 94.7 Å². The Labute approximate surface area is 170 Å². The molecule has 29 heavy (non-hydrogen) atoms. The Morgan fingerprint density at radius 2 is 1.83 bits per heavy atom. The van der Waals surface area contributed by atoms with E-state index in [1.807, 2.05) is 25.1 Å². The van der Waals surface area contributed by atoms with Gasteiger partial charge in [-0.15, -0.1) is 0 Å². The third-order valence-corrected chi connectivity index (χ3v) is 7.29. The highest BCUT2D eigenvalue weighted by Gasteiger charge is 2.28. The summed E-state index contributed by atoms with van der Waals surface area (Å²) in [6, 6.07) is 7.23. The van der Waals surface area contributed by atoms with Gasteiger partial charge in [-0.1, -0.05) is 0 Å². The van der Waals surface area contributed by atoms with Crippen molar-refractivity contribution in [3.8, 4) is 0 Å². The van der Waals surface area contributed by atoms with Crippen LogP contribution in [0.4, 0.5) is 11.4 Å². The number of aromatic nitrogens is 1. The van der Waals surface area contributed by atoms with Crippen LogP contribution in [0.2, 0.25) is 0 Å². The van der Waals surface area contributed by atoms with Gasteiger partial charge < -0.3 is 19.9 Å². The lowest BCUT2D eigenvalue weighted by molar-refractivity contribution is 0.0730. The minimum Gasteiger partial charge on any atom is -0.379 e. The van der Waals surface area contributed by atoms with Crippen molar-refractivity contribution in [3.63, 3.8) is 0 Å². The molecule has 0 bridgehead atoms. The zero-order valence-electron chi connectivity index (χ0n) is 16.5. The molecule has 1 aromatic carbocycles. The maximum atomic E-state index is 12.7. The summed E-state index contributed by atoms with van der Waals surface area (Å²) in [5.74, 6) is -0.373. The Morgan fingerprint density at radius 1 is 1.10 bits per heavy atom. The molecule has 0 spiro atoms. The predicted octanol–water partition coefficient (Wildman–Crippen LogP) is 2.20. The molecule has 2 fully saturated rings. The Hall–Kier alpha value is -2.36. The number of benzene rings is 1. The van der Waals surface area contributed by atoms with Crippen LogP contribution in [-0.4, -0.2) is 63.0 Å². The van der Waals surface area contributed by atoms with Gasteiger partial charge in [0.1, 0.15) is 10.6 Å². The van der Waals surface area contributed by atoms with Gasteiger partial charge >= 0.3 is 0 Å². The van der Waals surface area contributed by atoms with Crippen molar-refractivity contribution in [3.05, 3.63) is 41.7 Å². The minimum absolute atomic E-state index is 0.0881. The highest BCUT2D eigenvalue weighted by Crippen LogP contribution is 2.27.